The van der Waals surface area contributed by atoms with Gasteiger partial charge in [0.15, 0.2) is 5.76 Å². The van der Waals surface area contributed by atoms with Crippen molar-refractivity contribution < 1.29 is 13.9 Å². The molecule has 0 spiro atoms. The van der Waals surface area contributed by atoms with E-state index in [1.54, 1.807) is 6.26 Å². The minimum atomic E-state index is -0.722. The second-order valence-corrected chi connectivity index (χ2v) is 4.18. The zero-order chi connectivity index (χ0) is 10.7. The van der Waals surface area contributed by atoms with Gasteiger partial charge in [-0.15, -0.1) is 11.6 Å². The molecule has 1 aliphatic rings. The molecule has 4 heteroatoms. The summed E-state index contributed by atoms with van der Waals surface area (Å²) in [6.45, 7) is 2.49. The summed E-state index contributed by atoms with van der Waals surface area (Å²) in [4.78, 5) is 0. The highest BCUT2D eigenvalue weighted by Gasteiger charge is 2.40. The minimum absolute atomic E-state index is 0.124. The highest BCUT2D eigenvalue weighted by atomic mass is 35.5. The Kier molecular flexibility index (Phi) is 3.34. The van der Waals surface area contributed by atoms with E-state index < -0.39 is 5.79 Å². The first-order valence-corrected chi connectivity index (χ1v) is 5.70. The molecule has 3 nitrogen and oxygen atoms in total. The van der Waals surface area contributed by atoms with E-state index in [4.69, 9.17) is 25.5 Å². The van der Waals surface area contributed by atoms with Crippen LogP contribution in [0.5, 0.6) is 0 Å². The average Bonchev–Trinajstić information content (AvgIpc) is 2.84. The summed E-state index contributed by atoms with van der Waals surface area (Å²) < 4.78 is 16.8. The van der Waals surface area contributed by atoms with Crippen LogP contribution < -0.4 is 0 Å². The van der Waals surface area contributed by atoms with Crippen LogP contribution in [0.15, 0.2) is 22.8 Å². The quantitative estimate of drug-likeness (QED) is 0.746. The summed E-state index contributed by atoms with van der Waals surface area (Å²) in [5.41, 5.74) is 0. The van der Waals surface area contributed by atoms with Crippen LogP contribution in [0.1, 0.15) is 25.5 Å². The monoisotopic (exact) mass is 230 g/mol. The second kappa shape index (κ2) is 4.56. The van der Waals surface area contributed by atoms with Crippen LogP contribution in [0.25, 0.3) is 0 Å². The topological polar surface area (TPSA) is 31.6 Å². The number of hydrogen-bond donors (Lipinski definition) is 0. The van der Waals surface area contributed by atoms with Gasteiger partial charge in [-0.1, -0.05) is 0 Å². The summed E-state index contributed by atoms with van der Waals surface area (Å²) in [5.74, 6) is 0.661. The average molecular weight is 231 g/mol. The van der Waals surface area contributed by atoms with E-state index in [1.165, 1.54) is 0 Å². The molecule has 1 aliphatic heterocycles. The van der Waals surface area contributed by atoms with Crippen LogP contribution in [-0.4, -0.2) is 18.6 Å². The van der Waals surface area contributed by atoms with Crippen molar-refractivity contribution in [3.63, 3.8) is 0 Å². The molecule has 2 unspecified atom stereocenters. The second-order valence-electron chi connectivity index (χ2n) is 3.81. The Bertz CT molecular complexity index is 299. The SMILES string of the molecule is CC1(c2ccco2)OCC(CCCCl)O1. The first-order chi connectivity index (χ1) is 7.24. The van der Waals surface area contributed by atoms with E-state index in [9.17, 15) is 0 Å². The molecular weight excluding hydrogens is 216 g/mol. The first-order valence-electron chi connectivity index (χ1n) is 5.16. The number of ether oxygens (including phenoxy) is 2. The third-order valence-electron chi connectivity index (χ3n) is 2.56. The van der Waals surface area contributed by atoms with Gasteiger partial charge in [-0.25, -0.2) is 0 Å². The fraction of sp³-hybridized carbons (Fsp3) is 0.636. The van der Waals surface area contributed by atoms with Gasteiger partial charge in [-0.3, -0.25) is 0 Å². The van der Waals surface area contributed by atoms with Gasteiger partial charge in [0, 0.05) is 5.88 Å². The molecule has 0 aliphatic carbocycles. The lowest BCUT2D eigenvalue weighted by Crippen LogP contribution is -2.23. The zero-order valence-electron chi connectivity index (χ0n) is 8.74. The lowest BCUT2D eigenvalue weighted by atomic mass is 10.2. The molecule has 0 radical (unpaired) electrons. The predicted octanol–water partition coefficient (Wildman–Crippen LogP) is 2.89. The van der Waals surface area contributed by atoms with E-state index in [0.717, 1.165) is 18.6 Å². The Balaban J connectivity index is 1.96. The van der Waals surface area contributed by atoms with Gasteiger partial charge < -0.3 is 13.9 Å². The summed E-state index contributed by atoms with van der Waals surface area (Å²) in [6.07, 6.45) is 3.63. The number of furan rings is 1. The van der Waals surface area contributed by atoms with Gasteiger partial charge in [0.1, 0.15) is 0 Å². The fourth-order valence-electron chi connectivity index (χ4n) is 1.75. The maximum atomic E-state index is 5.82. The summed E-state index contributed by atoms with van der Waals surface area (Å²) >= 11 is 5.64. The van der Waals surface area contributed by atoms with E-state index in [1.807, 2.05) is 19.1 Å². The van der Waals surface area contributed by atoms with Crippen molar-refractivity contribution >= 4 is 11.6 Å². The molecule has 2 atom stereocenters. The Hall–Kier alpha value is -0.510. The van der Waals surface area contributed by atoms with Gasteiger partial charge in [-0.05, 0) is 31.9 Å². The van der Waals surface area contributed by atoms with E-state index >= 15 is 0 Å². The highest BCUT2D eigenvalue weighted by molar-refractivity contribution is 6.17. The van der Waals surface area contributed by atoms with Gasteiger partial charge in [-0.2, -0.15) is 0 Å². The number of alkyl halides is 1. The maximum Gasteiger partial charge on any atom is 0.225 e. The van der Waals surface area contributed by atoms with Crippen LogP contribution in [0.4, 0.5) is 0 Å². The fourth-order valence-corrected chi connectivity index (χ4v) is 1.91. The van der Waals surface area contributed by atoms with Gasteiger partial charge >= 0.3 is 0 Å². The van der Waals surface area contributed by atoms with E-state index in [0.29, 0.717) is 12.5 Å². The maximum absolute atomic E-state index is 5.82. The van der Waals surface area contributed by atoms with Gasteiger partial charge in [0.25, 0.3) is 0 Å². The van der Waals surface area contributed by atoms with E-state index in [-0.39, 0.29) is 6.10 Å². The molecule has 2 rings (SSSR count). The lowest BCUT2D eigenvalue weighted by Gasteiger charge is -2.20. The Morgan fingerprint density at radius 1 is 1.60 bits per heavy atom. The van der Waals surface area contributed by atoms with Crippen molar-refractivity contribution in [2.45, 2.75) is 31.7 Å². The van der Waals surface area contributed by atoms with Crippen LogP contribution in [0.3, 0.4) is 0 Å². The summed E-state index contributed by atoms with van der Waals surface area (Å²) in [5, 5.41) is 0. The largest absolute Gasteiger partial charge is 0.464 e. The molecule has 1 aromatic rings. The molecule has 1 aromatic heterocycles. The molecule has 84 valence electrons. The third kappa shape index (κ3) is 2.36. The number of hydrogen-bond acceptors (Lipinski definition) is 3. The minimum Gasteiger partial charge on any atom is -0.464 e. The normalized spacial score (nSPS) is 30.9. The molecule has 0 bridgehead atoms. The smallest absolute Gasteiger partial charge is 0.225 e. The lowest BCUT2D eigenvalue weighted by molar-refractivity contribution is -0.174. The zero-order valence-corrected chi connectivity index (χ0v) is 9.50. The molecule has 1 fully saturated rings. The third-order valence-corrected chi connectivity index (χ3v) is 2.83. The standard InChI is InChI=1S/C11H15ClO3/c1-11(10-5-3-7-13-10)14-8-9(15-11)4-2-6-12/h3,5,7,9H,2,4,6,8H2,1H3. The van der Waals surface area contributed by atoms with Gasteiger partial charge in [0.05, 0.1) is 19.0 Å². The molecular formula is C11H15ClO3. The van der Waals surface area contributed by atoms with Crippen molar-refractivity contribution in [1.29, 1.82) is 0 Å². The van der Waals surface area contributed by atoms with Crippen LogP contribution >= 0.6 is 11.6 Å². The van der Waals surface area contributed by atoms with Crippen molar-refractivity contribution in [3.8, 4) is 0 Å². The molecule has 1 saturated heterocycles. The number of halogens is 1. The van der Waals surface area contributed by atoms with Crippen LogP contribution in [-0.2, 0) is 15.3 Å². The molecule has 2 heterocycles. The molecule has 0 N–H and O–H groups in total. The molecule has 0 saturated carbocycles. The first kappa shape index (κ1) is 11.0. The van der Waals surface area contributed by atoms with Crippen molar-refractivity contribution in [1.82, 2.24) is 0 Å². The predicted molar refractivity (Wildman–Crippen MR) is 56.8 cm³/mol. The van der Waals surface area contributed by atoms with Crippen molar-refractivity contribution in [3.05, 3.63) is 24.2 Å². The Morgan fingerprint density at radius 3 is 3.13 bits per heavy atom. The molecule has 0 aromatic carbocycles. The van der Waals surface area contributed by atoms with E-state index in [2.05, 4.69) is 0 Å². The Labute approximate surface area is 94.3 Å². The van der Waals surface area contributed by atoms with Crippen LogP contribution in [0, 0.1) is 0 Å². The Morgan fingerprint density at radius 2 is 2.47 bits per heavy atom. The van der Waals surface area contributed by atoms with Gasteiger partial charge in [0.2, 0.25) is 5.79 Å². The van der Waals surface area contributed by atoms with Crippen molar-refractivity contribution in [2.75, 3.05) is 12.5 Å². The number of rotatable bonds is 4. The summed E-state index contributed by atoms with van der Waals surface area (Å²) in [7, 11) is 0. The van der Waals surface area contributed by atoms with Crippen LogP contribution in [0.2, 0.25) is 0 Å². The molecule has 15 heavy (non-hydrogen) atoms. The summed E-state index contributed by atoms with van der Waals surface area (Å²) in [6, 6.07) is 3.70. The van der Waals surface area contributed by atoms with Crippen molar-refractivity contribution in [2.24, 2.45) is 0 Å². The highest BCUT2D eigenvalue weighted by Crippen LogP contribution is 2.35. The molecule has 0 amide bonds.